The van der Waals surface area contributed by atoms with Gasteiger partial charge in [-0.1, -0.05) is 0 Å². The molecule has 4 heteroatoms. The van der Waals surface area contributed by atoms with Crippen molar-refractivity contribution in [3.63, 3.8) is 0 Å². The molecule has 88 valence electrons. The van der Waals surface area contributed by atoms with Crippen LogP contribution in [0.3, 0.4) is 0 Å². The molecule has 0 aromatic carbocycles. The number of ether oxygens (including phenoxy) is 1. The van der Waals surface area contributed by atoms with Crippen molar-refractivity contribution in [2.75, 3.05) is 39.8 Å². The Balaban J connectivity index is 1.94. The fraction of sp³-hybridized carbons (Fsp3) is 0.583. The molecular weight excluding hydrogens is 202 g/mol. The molecule has 1 aromatic heterocycles. The minimum atomic E-state index is 0.154. The van der Waals surface area contributed by atoms with Crippen molar-refractivity contribution in [1.29, 1.82) is 0 Å². The van der Waals surface area contributed by atoms with Crippen molar-refractivity contribution in [2.45, 2.75) is 6.10 Å². The lowest BCUT2D eigenvalue weighted by Gasteiger charge is -2.30. The second kappa shape index (κ2) is 5.94. The maximum Gasteiger partial charge on any atom is 0.0949 e. The van der Waals surface area contributed by atoms with E-state index < -0.39 is 0 Å². The van der Waals surface area contributed by atoms with Crippen LogP contribution in [0.1, 0.15) is 11.7 Å². The summed E-state index contributed by atoms with van der Waals surface area (Å²) in [7, 11) is 1.77. The smallest absolute Gasteiger partial charge is 0.0949 e. The molecular formula is C12H19N3O. The van der Waals surface area contributed by atoms with E-state index in [1.54, 1.807) is 7.11 Å². The van der Waals surface area contributed by atoms with Crippen molar-refractivity contribution < 1.29 is 4.74 Å². The third-order valence-electron chi connectivity index (χ3n) is 3.00. The predicted molar refractivity (Wildman–Crippen MR) is 63.3 cm³/mol. The summed E-state index contributed by atoms with van der Waals surface area (Å²) >= 11 is 0. The topological polar surface area (TPSA) is 37.4 Å². The van der Waals surface area contributed by atoms with Crippen molar-refractivity contribution >= 4 is 0 Å². The fourth-order valence-corrected chi connectivity index (χ4v) is 2.02. The van der Waals surface area contributed by atoms with Gasteiger partial charge in [0.1, 0.15) is 0 Å². The van der Waals surface area contributed by atoms with Gasteiger partial charge >= 0.3 is 0 Å². The highest BCUT2D eigenvalue weighted by molar-refractivity contribution is 5.13. The summed E-state index contributed by atoms with van der Waals surface area (Å²) in [4.78, 5) is 6.47. The Hall–Kier alpha value is -0.970. The van der Waals surface area contributed by atoms with Gasteiger partial charge in [-0.2, -0.15) is 0 Å². The van der Waals surface area contributed by atoms with Gasteiger partial charge in [-0.25, -0.2) is 0 Å². The van der Waals surface area contributed by atoms with Gasteiger partial charge in [0.05, 0.1) is 6.10 Å². The van der Waals surface area contributed by atoms with Gasteiger partial charge in [0.25, 0.3) is 0 Å². The summed E-state index contributed by atoms with van der Waals surface area (Å²) in [6.45, 7) is 5.32. The monoisotopic (exact) mass is 221 g/mol. The number of methoxy groups -OCH3 is 1. The second-order valence-electron chi connectivity index (χ2n) is 4.06. The number of piperazine rings is 1. The van der Waals surface area contributed by atoms with Gasteiger partial charge in [-0.3, -0.25) is 9.88 Å². The normalized spacial score (nSPS) is 19.6. The standard InChI is InChI=1S/C12H19N3O/c1-16-12(11-2-4-13-5-3-11)10-15-8-6-14-7-9-15/h2-5,12,14H,6-10H2,1H3. The van der Waals surface area contributed by atoms with Crippen molar-refractivity contribution in [3.8, 4) is 0 Å². The maximum absolute atomic E-state index is 5.55. The number of hydrogen-bond donors (Lipinski definition) is 1. The summed E-state index contributed by atoms with van der Waals surface area (Å²) in [5, 5.41) is 3.35. The highest BCUT2D eigenvalue weighted by Crippen LogP contribution is 2.17. The number of aromatic nitrogens is 1. The zero-order valence-corrected chi connectivity index (χ0v) is 9.72. The number of rotatable bonds is 4. The van der Waals surface area contributed by atoms with Crippen LogP contribution in [0, 0.1) is 0 Å². The lowest BCUT2D eigenvalue weighted by Crippen LogP contribution is -2.45. The van der Waals surface area contributed by atoms with E-state index in [2.05, 4.69) is 15.2 Å². The van der Waals surface area contributed by atoms with E-state index >= 15 is 0 Å². The third-order valence-corrected chi connectivity index (χ3v) is 3.00. The van der Waals surface area contributed by atoms with Crippen LogP contribution in [0.15, 0.2) is 24.5 Å². The maximum atomic E-state index is 5.55. The average Bonchev–Trinajstić information content (AvgIpc) is 2.38. The molecule has 1 saturated heterocycles. The van der Waals surface area contributed by atoms with Gasteiger partial charge in [-0.15, -0.1) is 0 Å². The van der Waals surface area contributed by atoms with E-state index in [1.165, 1.54) is 5.56 Å². The molecule has 1 aromatic rings. The molecule has 1 atom stereocenters. The molecule has 1 unspecified atom stereocenters. The summed E-state index contributed by atoms with van der Waals surface area (Å²) in [5.74, 6) is 0. The molecule has 2 heterocycles. The summed E-state index contributed by atoms with van der Waals surface area (Å²) in [6, 6.07) is 4.05. The zero-order valence-electron chi connectivity index (χ0n) is 9.72. The quantitative estimate of drug-likeness (QED) is 0.811. The van der Waals surface area contributed by atoms with Gasteiger partial charge in [0, 0.05) is 52.2 Å². The van der Waals surface area contributed by atoms with E-state index in [0.717, 1.165) is 32.7 Å². The lowest BCUT2D eigenvalue weighted by molar-refractivity contribution is 0.0593. The SMILES string of the molecule is COC(CN1CCNCC1)c1ccncc1. The van der Waals surface area contributed by atoms with Crippen LogP contribution >= 0.6 is 0 Å². The molecule has 4 nitrogen and oxygen atoms in total. The van der Waals surface area contributed by atoms with Crippen LogP contribution in [0.5, 0.6) is 0 Å². The Morgan fingerprint density at radius 2 is 2.06 bits per heavy atom. The second-order valence-corrected chi connectivity index (χ2v) is 4.06. The van der Waals surface area contributed by atoms with Crippen molar-refractivity contribution in [3.05, 3.63) is 30.1 Å². The molecule has 0 bridgehead atoms. The Kier molecular flexibility index (Phi) is 4.27. The average molecular weight is 221 g/mol. The number of nitrogens with zero attached hydrogens (tertiary/aromatic N) is 2. The van der Waals surface area contributed by atoms with Gasteiger partial charge < -0.3 is 10.1 Å². The van der Waals surface area contributed by atoms with Gasteiger partial charge in [-0.05, 0) is 17.7 Å². The number of nitrogens with one attached hydrogen (secondary N) is 1. The number of hydrogen-bond acceptors (Lipinski definition) is 4. The van der Waals surface area contributed by atoms with Crippen LogP contribution in [0.25, 0.3) is 0 Å². The van der Waals surface area contributed by atoms with Gasteiger partial charge in [0.15, 0.2) is 0 Å². The predicted octanol–water partition coefficient (Wildman–Crippen LogP) is 0.674. The largest absolute Gasteiger partial charge is 0.375 e. The molecule has 0 aliphatic carbocycles. The Morgan fingerprint density at radius 3 is 2.69 bits per heavy atom. The first kappa shape index (κ1) is 11.5. The third kappa shape index (κ3) is 3.01. The van der Waals surface area contributed by atoms with Crippen molar-refractivity contribution in [1.82, 2.24) is 15.2 Å². The fourth-order valence-electron chi connectivity index (χ4n) is 2.02. The summed E-state index contributed by atoms with van der Waals surface area (Å²) in [5.41, 5.74) is 1.20. The molecule has 1 aliphatic heterocycles. The van der Waals surface area contributed by atoms with Gasteiger partial charge in [0.2, 0.25) is 0 Å². The first-order valence-electron chi connectivity index (χ1n) is 5.76. The number of pyridine rings is 1. The van der Waals surface area contributed by atoms with E-state index in [-0.39, 0.29) is 6.10 Å². The molecule has 1 fully saturated rings. The van der Waals surface area contributed by atoms with E-state index in [4.69, 9.17) is 4.74 Å². The summed E-state index contributed by atoms with van der Waals surface area (Å²) < 4.78 is 5.55. The molecule has 0 radical (unpaired) electrons. The van der Waals surface area contributed by atoms with Crippen LogP contribution < -0.4 is 5.32 Å². The highest BCUT2D eigenvalue weighted by atomic mass is 16.5. The van der Waals surface area contributed by atoms with Crippen LogP contribution in [0.2, 0.25) is 0 Å². The zero-order chi connectivity index (χ0) is 11.2. The van der Waals surface area contributed by atoms with Crippen molar-refractivity contribution in [2.24, 2.45) is 0 Å². The molecule has 2 rings (SSSR count). The first-order valence-corrected chi connectivity index (χ1v) is 5.76. The Morgan fingerprint density at radius 1 is 1.38 bits per heavy atom. The van der Waals surface area contributed by atoms with E-state index in [1.807, 2.05) is 24.5 Å². The van der Waals surface area contributed by atoms with Crippen LogP contribution in [0.4, 0.5) is 0 Å². The lowest BCUT2D eigenvalue weighted by atomic mass is 10.1. The minimum Gasteiger partial charge on any atom is -0.375 e. The molecule has 0 spiro atoms. The molecule has 0 amide bonds. The highest BCUT2D eigenvalue weighted by Gasteiger charge is 2.16. The van der Waals surface area contributed by atoms with Crippen LogP contribution in [-0.2, 0) is 4.74 Å². The summed E-state index contributed by atoms with van der Waals surface area (Å²) in [6.07, 6.45) is 3.79. The first-order chi connectivity index (χ1) is 7.90. The molecule has 16 heavy (non-hydrogen) atoms. The minimum absolute atomic E-state index is 0.154. The van der Waals surface area contributed by atoms with Crippen LogP contribution in [-0.4, -0.2) is 49.7 Å². The van der Waals surface area contributed by atoms with E-state index in [9.17, 15) is 0 Å². The molecule has 0 saturated carbocycles. The molecule has 1 N–H and O–H groups in total. The Bertz CT molecular complexity index is 298. The molecule has 1 aliphatic rings. The van der Waals surface area contributed by atoms with E-state index in [0.29, 0.717) is 0 Å². The Labute approximate surface area is 96.6 Å².